The molecule has 1 aromatic carbocycles. The van der Waals surface area contributed by atoms with E-state index in [0.717, 1.165) is 26.7 Å². The summed E-state index contributed by atoms with van der Waals surface area (Å²) in [4.78, 5) is 10.9. The van der Waals surface area contributed by atoms with Gasteiger partial charge in [0, 0.05) is 6.04 Å². The summed E-state index contributed by atoms with van der Waals surface area (Å²) in [6.45, 7) is 2.55. The molecule has 132 valence electrons. The normalized spacial score (nSPS) is 19.9. The van der Waals surface area contributed by atoms with E-state index in [4.69, 9.17) is 0 Å². The van der Waals surface area contributed by atoms with Crippen molar-refractivity contribution in [1.29, 1.82) is 0 Å². The van der Waals surface area contributed by atoms with Crippen LogP contribution in [0.25, 0.3) is 15.9 Å². The van der Waals surface area contributed by atoms with Gasteiger partial charge in [0.25, 0.3) is 0 Å². The Morgan fingerprint density at radius 1 is 1.40 bits per heavy atom. The van der Waals surface area contributed by atoms with Crippen LogP contribution >= 0.6 is 11.3 Å². The van der Waals surface area contributed by atoms with E-state index in [9.17, 15) is 8.42 Å². The van der Waals surface area contributed by atoms with E-state index in [-0.39, 0.29) is 17.5 Å². The van der Waals surface area contributed by atoms with Crippen LogP contribution in [-0.2, 0) is 16.4 Å². The third-order valence-corrected chi connectivity index (χ3v) is 7.25. The van der Waals surface area contributed by atoms with Gasteiger partial charge in [-0.15, -0.1) is 11.3 Å². The lowest BCUT2D eigenvalue weighted by atomic mass is 10.2. The summed E-state index contributed by atoms with van der Waals surface area (Å²) in [7, 11) is -0.949. The number of rotatable bonds is 4. The highest BCUT2D eigenvalue weighted by atomic mass is 32.2. The van der Waals surface area contributed by atoms with Crippen molar-refractivity contribution >= 4 is 31.4 Å². The number of hydrogen-bond donors (Lipinski definition) is 0. The summed E-state index contributed by atoms with van der Waals surface area (Å²) >= 11 is 1.65. The van der Waals surface area contributed by atoms with E-state index in [0.29, 0.717) is 13.0 Å². The minimum atomic E-state index is -2.89. The Bertz CT molecular complexity index is 1020. The van der Waals surface area contributed by atoms with Crippen LogP contribution < -0.4 is 0 Å². The zero-order valence-corrected chi connectivity index (χ0v) is 15.7. The lowest BCUT2D eigenvalue weighted by molar-refractivity contribution is 0.246. The van der Waals surface area contributed by atoms with Crippen LogP contribution in [0.5, 0.6) is 0 Å². The largest absolute Gasteiger partial charge is 0.295 e. The summed E-state index contributed by atoms with van der Waals surface area (Å²) < 4.78 is 26.3. The molecule has 1 fully saturated rings. The molecular weight excluding hydrogens is 358 g/mol. The van der Waals surface area contributed by atoms with Crippen molar-refractivity contribution in [2.45, 2.75) is 25.9 Å². The number of nitrogens with zero attached hydrogens (tertiary/aromatic N) is 5. The third kappa shape index (κ3) is 3.31. The number of hydrogen-bond acceptors (Lipinski definition) is 7. The zero-order chi connectivity index (χ0) is 17.6. The van der Waals surface area contributed by atoms with Crippen molar-refractivity contribution in [3.8, 4) is 5.69 Å². The van der Waals surface area contributed by atoms with E-state index in [1.807, 2.05) is 30.8 Å². The average Bonchev–Trinajstić information content (AvgIpc) is 3.23. The fraction of sp³-hybridized carbons (Fsp3) is 0.438. The molecule has 1 saturated heterocycles. The molecule has 4 rings (SSSR count). The maximum atomic E-state index is 11.7. The van der Waals surface area contributed by atoms with Gasteiger partial charge in [0.15, 0.2) is 9.84 Å². The molecule has 3 aromatic rings. The molecule has 3 heterocycles. The molecule has 25 heavy (non-hydrogen) atoms. The molecule has 0 radical (unpaired) electrons. The molecule has 0 N–H and O–H groups in total. The zero-order valence-electron chi connectivity index (χ0n) is 14.1. The lowest BCUT2D eigenvalue weighted by Gasteiger charge is -2.22. The first kappa shape index (κ1) is 16.6. The molecule has 1 aliphatic rings. The van der Waals surface area contributed by atoms with Gasteiger partial charge in [-0.25, -0.2) is 23.1 Å². The second-order valence-electron chi connectivity index (χ2n) is 6.44. The Hall–Kier alpha value is -1.84. The van der Waals surface area contributed by atoms with Crippen molar-refractivity contribution < 1.29 is 8.42 Å². The van der Waals surface area contributed by atoms with Gasteiger partial charge in [-0.05, 0) is 38.6 Å². The van der Waals surface area contributed by atoms with Crippen LogP contribution in [0.1, 0.15) is 17.3 Å². The molecule has 7 nitrogen and oxygen atoms in total. The molecular formula is C16H19N5O2S2. The van der Waals surface area contributed by atoms with Crippen molar-refractivity contribution in [2.75, 3.05) is 18.6 Å². The summed E-state index contributed by atoms with van der Waals surface area (Å²) in [5.74, 6) is 1.30. The smallest absolute Gasteiger partial charge is 0.151 e. The van der Waals surface area contributed by atoms with Gasteiger partial charge in [-0.1, -0.05) is 0 Å². The van der Waals surface area contributed by atoms with Gasteiger partial charge in [0.1, 0.15) is 12.2 Å². The van der Waals surface area contributed by atoms with Gasteiger partial charge in [0.05, 0.1) is 39.0 Å². The fourth-order valence-corrected chi connectivity index (χ4v) is 5.89. The highest BCUT2D eigenvalue weighted by molar-refractivity contribution is 7.91. The molecule has 0 aliphatic carbocycles. The number of sulfone groups is 1. The Kier molecular flexibility index (Phi) is 4.09. The first-order valence-corrected chi connectivity index (χ1v) is 10.7. The SMILES string of the molecule is Cc1nc2ccc(-n3ncnc3CN(C)[C@H]3CCS(=O)(=O)C3)cc2s1. The van der Waals surface area contributed by atoms with Crippen LogP contribution in [0.3, 0.4) is 0 Å². The van der Waals surface area contributed by atoms with E-state index in [2.05, 4.69) is 26.0 Å². The molecule has 2 aromatic heterocycles. The number of thiazole rings is 1. The van der Waals surface area contributed by atoms with Crippen molar-refractivity contribution in [3.63, 3.8) is 0 Å². The van der Waals surface area contributed by atoms with Gasteiger partial charge >= 0.3 is 0 Å². The van der Waals surface area contributed by atoms with E-state index < -0.39 is 9.84 Å². The summed E-state index contributed by atoms with van der Waals surface area (Å²) in [5, 5.41) is 5.39. The Balaban J connectivity index is 1.59. The first-order chi connectivity index (χ1) is 11.9. The van der Waals surface area contributed by atoms with Gasteiger partial charge < -0.3 is 0 Å². The molecule has 1 atom stereocenters. The fourth-order valence-electron chi connectivity index (χ4n) is 3.22. The second kappa shape index (κ2) is 6.15. The molecule has 0 unspecified atom stereocenters. The Morgan fingerprint density at radius 2 is 2.24 bits per heavy atom. The minimum Gasteiger partial charge on any atom is -0.295 e. The van der Waals surface area contributed by atoms with Crippen molar-refractivity contribution in [1.82, 2.24) is 24.6 Å². The summed E-state index contributed by atoms with van der Waals surface area (Å²) in [6.07, 6.45) is 2.22. The van der Waals surface area contributed by atoms with Crippen LogP contribution in [0, 0.1) is 6.92 Å². The van der Waals surface area contributed by atoms with Crippen LogP contribution in [-0.4, -0.2) is 57.7 Å². The molecule has 1 aliphatic heterocycles. The maximum Gasteiger partial charge on any atom is 0.151 e. The molecule has 0 bridgehead atoms. The number of fused-ring (bicyclic) bond motifs is 1. The molecule has 0 spiro atoms. The lowest BCUT2D eigenvalue weighted by Crippen LogP contribution is -2.33. The quantitative estimate of drug-likeness (QED) is 0.690. The monoisotopic (exact) mass is 377 g/mol. The molecule has 0 saturated carbocycles. The van der Waals surface area contributed by atoms with Crippen LogP contribution in [0.4, 0.5) is 0 Å². The predicted octanol–water partition coefficient (Wildman–Crippen LogP) is 1.80. The van der Waals surface area contributed by atoms with Crippen molar-refractivity contribution in [3.05, 3.63) is 35.4 Å². The van der Waals surface area contributed by atoms with E-state index in [1.165, 1.54) is 6.33 Å². The average molecular weight is 377 g/mol. The minimum absolute atomic E-state index is 0.0433. The standard InChI is InChI=1S/C16H19N5O2S2/c1-11-19-14-4-3-12(7-15(14)24-11)21-16(17-10-18-21)8-20(2)13-5-6-25(22,23)9-13/h3-4,7,10,13H,5-6,8-9H2,1-2H3/t13-/m0/s1. The number of aryl methyl sites for hydroxylation is 1. The van der Waals surface area contributed by atoms with E-state index >= 15 is 0 Å². The first-order valence-electron chi connectivity index (χ1n) is 8.08. The topological polar surface area (TPSA) is 81.0 Å². The van der Waals surface area contributed by atoms with Gasteiger partial charge in [-0.3, -0.25) is 4.90 Å². The predicted molar refractivity (Wildman–Crippen MR) is 97.8 cm³/mol. The highest BCUT2D eigenvalue weighted by Gasteiger charge is 2.31. The van der Waals surface area contributed by atoms with Gasteiger partial charge in [-0.2, -0.15) is 5.10 Å². The molecule has 9 heteroatoms. The second-order valence-corrected chi connectivity index (χ2v) is 9.91. The van der Waals surface area contributed by atoms with E-state index in [1.54, 1.807) is 11.3 Å². The third-order valence-electron chi connectivity index (χ3n) is 4.56. The number of aromatic nitrogens is 4. The highest BCUT2D eigenvalue weighted by Crippen LogP contribution is 2.25. The van der Waals surface area contributed by atoms with Crippen molar-refractivity contribution in [2.24, 2.45) is 0 Å². The molecule has 0 amide bonds. The van der Waals surface area contributed by atoms with Crippen LogP contribution in [0.15, 0.2) is 24.5 Å². The summed E-state index contributed by atoms with van der Waals surface area (Å²) in [5.41, 5.74) is 1.93. The Morgan fingerprint density at radius 3 is 3.00 bits per heavy atom. The number of benzene rings is 1. The van der Waals surface area contributed by atoms with Crippen LogP contribution in [0.2, 0.25) is 0 Å². The summed E-state index contributed by atoms with van der Waals surface area (Å²) in [6, 6.07) is 6.09. The van der Waals surface area contributed by atoms with Gasteiger partial charge in [0.2, 0.25) is 0 Å². The maximum absolute atomic E-state index is 11.7. The Labute approximate surface area is 150 Å².